The number of amides is 1. The van der Waals surface area contributed by atoms with Crippen molar-refractivity contribution in [1.82, 2.24) is 14.8 Å². The first-order valence-corrected chi connectivity index (χ1v) is 11.2. The van der Waals surface area contributed by atoms with Gasteiger partial charge in [-0.2, -0.15) is 0 Å². The zero-order valence-electron chi connectivity index (χ0n) is 17.3. The standard InChI is InChI=1S/C22H25ClN4O2S/c1-4-26-20(14-29-19-12-10-17(23)11-13-19)24-25-22(26)30-15-21(28)27(16(2)3)18-8-6-5-7-9-18/h5-13,16H,4,14-15H2,1-3H3. The molecule has 3 rings (SSSR count). The van der Waals surface area contributed by atoms with Crippen LogP contribution in [0, 0.1) is 0 Å². The fourth-order valence-electron chi connectivity index (χ4n) is 3.04. The van der Waals surface area contributed by atoms with Crippen LogP contribution in [0.5, 0.6) is 5.75 Å². The largest absolute Gasteiger partial charge is 0.486 e. The Balaban J connectivity index is 1.65. The number of nitrogens with zero attached hydrogens (tertiary/aromatic N) is 4. The fraction of sp³-hybridized carbons (Fsp3) is 0.318. The molecule has 1 heterocycles. The maximum absolute atomic E-state index is 12.9. The summed E-state index contributed by atoms with van der Waals surface area (Å²) in [6, 6.07) is 17.0. The number of para-hydroxylation sites is 1. The fourth-order valence-corrected chi connectivity index (χ4v) is 4.05. The molecule has 0 aliphatic heterocycles. The Morgan fingerprint density at radius 3 is 2.47 bits per heavy atom. The number of ether oxygens (including phenoxy) is 1. The molecule has 0 aliphatic carbocycles. The molecule has 0 unspecified atom stereocenters. The SMILES string of the molecule is CCn1c(COc2ccc(Cl)cc2)nnc1SCC(=O)N(c1ccccc1)C(C)C. The van der Waals surface area contributed by atoms with E-state index >= 15 is 0 Å². The van der Waals surface area contributed by atoms with Crippen molar-refractivity contribution in [3.8, 4) is 5.75 Å². The Bertz CT molecular complexity index is 961. The average Bonchev–Trinajstić information content (AvgIpc) is 3.14. The van der Waals surface area contributed by atoms with E-state index in [-0.39, 0.29) is 17.7 Å². The Kier molecular flexibility index (Phi) is 7.76. The van der Waals surface area contributed by atoms with Crippen LogP contribution in [0.4, 0.5) is 5.69 Å². The van der Waals surface area contributed by atoms with E-state index < -0.39 is 0 Å². The summed E-state index contributed by atoms with van der Waals surface area (Å²) in [6.45, 7) is 7.02. The van der Waals surface area contributed by atoms with Crippen molar-refractivity contribution in [2.24, 2.45) is 0 Å². The molecule has 0 bridgehead atoms. The molecule has 3 aromatic rings. The van der Waals surface area contributed by atoms with Gasteiger partial charge in [-0.3, -0.25) is 4.79 Å². The van der Waals surface area contributed by atoms with Crippen LogP contribution < -0.4 is 9.64 Å². The normalized spacial score (nSPS) is 11.0. The molecule has 0 saturated carbocycles. The summed E-state index contributed by atoms with van der Waals surface area (Å²) in [5.41, 5.74) is 0.895. The second-order valence-electron chi connectivity index (χ2n) is 6.87. The Labute approximate surface area is 186 Å². The smallest absolute Gasteiger partial charge is 0.237 e. The van der Waals surface area contributed by atoms with E-state index in [2.05, 4.69) is 10.2 Å². The molecule has 30 heavy (non-hydrogen) atoms. The first kappa shape index (κ1) is 22.2. The van der Waals surface area contributed by atoms with Crippen LogP contribution in [0.2, 0.25) is 5.02 Å². The molecule has 0 fully saturated rings. The molecule has 1 amide bonds. The van der Waals surface area contributed by atoms with Crippen molar-refractivity contribution in [1.29, 1.82) is 0 Å². The van der Waals surface area contributed by atoms with Crippen molar-refractivity contribution in [2.45, 2.75) is 45.1 Å². The maximum atomic E-state index is 12.9. The molecule has 6 nitrogen and oxygen atoms in total. The lowest BCUT2D eigenvalue weighted by Gasteiger charge is -2.26. The summed E-state index contributed by atoms with van der Waals surface area (Å²) in [4.78, 5) is 14.7. The summed E-state index contributed by atoms with van der Waals surface area (Å²) in [6.07, 6.45) is 0. The van der Waals surface area contributed by atoms with Crippen LogP contribution in [0.3, 0.4) is 0 Å². The van der Waals surface area contributed by atoms with Gasteiger partial charge in [-0.25, -0.2) is 0 Å². The van der Waals surface area contributed by atoms with Gasteiger partial charge in [0.05, 0.1) is 5.75 Å². The molecule has 0 spiro atoms. The molecule has 0 atom stereocenters. The summed E-state index contributed by atoms with van der Waals surface area (Å²) >= 11 is 7.29. The van der Waals surface area contributed by atoms with Crippen molar-refractivity contribution in [3.63, 3.8) is 0 Å². The molecule has 0 aliphatic rings. The van der Waals surface area contributed by atoms with Crippen LogP contribution in [-0.2, 0) is 17.9 Å². The van der Waals surface area contributed by atoms with Crippen LogP contribution in [-0.4, -0.2) is 32.5 Å². The lowest BCUT2D eigenvalue weighted by molar-refractivity contribution is -0.116. The van der Waals surface area contributed by atoms with Crippen LogP contribution in [0.1, 0.15) is 26.6 Å². The highest BCUT2D eigenvalue weighted by Gasteiger charge is 2.21. The predicted molar refractivity (Wildman–Crippen MR) is 121 cm³/mol. The molecular weight excluding hydrogens is 420 g/mol. The lowest BCUT2D eigenvalue weighted by Crippen LogP contribution is -2.38. The highest BCUT2D eigenvalue weighted by molar-refractivity contribution is 7.99. The zero-order chi connectivity index (χ0) is 21.5. The molecule has 8 heteroatoms. The Hall–Kier alpha value is -2.51. The van der Waals surface area contributed by atoms with Crippen molar-refractivity contribution in [3.05, 3.63) is 65.4 Å². The molecule has 0 radical (unpaired) electrons. The minimum Gasteiger partial charge on any atom is -0.486 e. The number of anilines is 1. The molecule has 0 saturated heterocycles. The van der Waals surface area contributed by atoms with E-state index in [0.29, 0.717) is 34.9 Å². The minimum absolute atomic E-state index is 0.0332. The molecule has 0 N–H and O–H groups in total. The second-order valence-corrected chi connectivity index (χ2v) is 8.25. The predicted octanol–water partition coefficient (Wildman–Crippen LogP) is 5.06. The van der Waals surface area contributed by atoms with Gasteiger partial charge in [0, 0.05) is 23.3 Å². The highest BCUT2D eigenvalue weighted by Crippen LogP contribution is 2.23. The van der Waals surface area contributed by atoms with Gasteiger partial charge in [-0.05, 0) is 57.2 Å². The number of thioether (sulfide) groups is 1. The van der Waals surface area contributed by atoms with Gasteiger partial charge >= 0.3 is 0 Å². The molecule has 158 valence electrons. The number of halogens is 1. The third kappa shape index (κ3) is 5.55. The Morgan fingerprint density at radius 2 is 1.83 bits per heavy atom. The van der Waals surface area contributed by atoms with E-state index in [0.717, 1.165) is 5.69 Å². The number of hydrogen-bond donors (Lipinski definition) is 0. The van der Waals surface area contributed by atoms with Gasteiger partial charge < -0.3 is 14.2 Å². The van der Waals surface area contributed by atoms with Crippen LogP contribution in [0.25, 0.3) is 0 Å². The highest BCUT2D eigenvalue weighted by atomic mass is 35.5. The zero-order valence-corrected chi connectivity index (χ0v) is 18.9. The number of carbonyl (C=O) groups is 1. The average molecular weight is 445 g/mol. The number of carbonyl (C=O) groups excluding carboxylic acids is 1. The summed E-state index contributed by atoms with van der Waals surface area (Å²) in [7, 11) is 0. The van der Waals surface area contributed by atoms with E-state index in [1.807, 2.05) is 72.7 Å². The molecular formula is C22H25ClN4O2S. The second kappa shape index (κ2) is 10.5. The van der Waals surface area contributed by atoms with Crippen molar-refractivity contribution in [2.75, 3.05) is 10.7 Å². The van der Waals surface area contributed by atoms with Crippen molar-refractivity contribution >= 4 is 35.0 Å². The van der Waals surface area contributed by atoms with Gasteiger partial charge in [0.1, 0.15) is 12.4 Å². The third-order valence-corrected chi connectivity index (χ3v) is 5.64. The van der Waals surface area contributed by atoms with E-state index in [9.17, 15) is 4.79 Å². The Morgan fingerprint density at radius 1 is 1.13 bits per heavy atom. The topological polar surface area (TPSA) is 60.2 Å². The number of rotatable bonds is 9. The molecule has 2 aromatic carbocycles. The first-order valence-electron chi connectivity index (χ1n) is 9.80. The van der Waals surface area contributed by atoms with Gasteiger partial charge in [0.25, 0.3) is 0 Å². The van der Waals surface area contributed by atoms with Gasteiger partial charge in [0.2, 0.25) is 5.91 Å². The van der Waals surface area contributed by atoms with E-state index in [4.69, 9.17) is 16.3 Å². The summed E-state index contributed by atoms with van der Waals surface area (Å²) < 4.78 is 7.76. The van der Waals surface area contributed by atoms with E-state index in [1.54, 1.807) is 12.1 Å². The summed E-state index contributed by atoms with van der Waals surface area (Å²) in [5, 5.41) is 9.88. The van der Waals surface area contributed by atoms with Gasteiger partial charge in [-0.1, -0.05) is 41.6 Å². The third-order valence-electron chi connectivity index (χ3n) is 4.44. The first-order chi connectivity index (χ1) is 14.5. The van der Waals surface area contributed by atoms with Crippen LogP contribution >= 0.6 is 23.4 Å². The monoisotopic (exact) mass is 444 g/mol. The van der Waals surface area contributed by atoms with Gasteiger partial charge in [0.15, 0.2) is 11.0 Å². The van der Waals surface area contributed by atoms with Gasteiger partial charge in [-0.15, -0.1) is 10.2 Å². The summed E-state index contributed by atoms with van der Waals surface area (Å²) in [5.74, 6) is 1.74. The molecule has 1 aromatic heterocycles. The number of hydrogen-bond acceptors (Lipinski definition) is 5. The van der Waals surface area contributed by atoms with Crippen molar-refractivity contribution < 1.29 is 9.53 Å². The van der Waals surface area contributed by atoms with E-state index in [1.165, 1.54) is 11.8 Å². The minimum atomic E-state index is 0.0332. The number of benzene rings is 2. The lowest BCUT2D eigenvalue weighted by atomic mass is 10.2. The number of aromatic nitrogens is 3. The quantitative estimate of drug-likeness (QED) is 0.431. The maximum Gasteiger partial charge on any atom is 0.237 e. The van der Waals surface area contributed by atoms with Crippen LogP contribution in [0.15, 0.2) is 59.8 Å².